The van der Waals surface area contributed by atoms with Gasteiger partial charge in [-0.25, -0.2) is 4.98 Å². The summed E-state index contributed by atoms with van der Waals surface area (Å²) in [7, 11) is 0. The van der Waals surface area contributed by atoms with Crippen molar-refractivity contribution in [3.8, 4) is 0 Å². The Hall–Kier alpha value is -1.14. The maximum atomic E-state index is 12.3. The molecule has 0 unspecified atom stereocenters. The quantitative estimate of drug-likeness (QED) is 0.683. The molecule has 15 heavy (non-hydrogen) atoms. The smallest absolute Gasteiger partial charge is 0.391 e. The Morgan fingerprint density at radius 2 is 2.07 bits per heavy atom. The maximum absolute atomic E-state index is 12.3. The average Bonchev–Trinajstić information content (AvgIpc) is 2.41. The molecule has 0 amide bonds. The fourth-order valence-corrected chi connectivity index (χ4v) is 1.67. The van der Waals surface area contributed by atoms with E-state index < -0.39 is 24.0 Å². The molecule has 0 bridgehead atoms. The lowest BCUT2D eigenvalue weighted by atomic mass is 10.1. The topological polar surface area (TPSA) is 59.1 Å². The fraction of sp³-hybridized carbons (Fsp3) is 0.444. The number of nitrogens with zero attached hydrogens (tertiary/aromatic N) is 1. The standard InChI is InChI=1S/C9H9F3N2O/c10-9(11,12)7-2-1-4-5(14-7)3-6(15)8(4)13/h1-2,6,8,15H,3,13H2/t6-,8+/m0/s1. The number of rotatable bonds is 0. The average molecular weight is 218 g/mol. The highest BCUT2D eigenvalue weighted by atomic mass is 19.4. The van der Waals surface area contributed by atoms with Crippen molar-refractivity contribution in [3.05, 3.63) is 29.1 Å². The van der Waals surface area contributed by atoms with E-state index in [9.17, 15) is 18.3 Å². The van der Waals surface area contributed by atoms with Gasteiger partial charge in [-0.2, -0.15) is 13.2 Å². The summed E-state index contributed by atoms with van der Waals surface area (Å²) in [6.07, 6.45) is -5.21. The Labute approximate surface area is 83.7 Å². The van der Waals surface area contributed by atoms with Gasteiger partial charge in [0.2, 0.25) is 0 Å². The third-order valence-corrected chi connectivity index (χ3v) is 2.48. The number of pyridine rings is 1. The first-order valence-corrected chi connectivity index (χ1v) is 4.40. The third kappa shape index (κ3) is 1.70. The molecule has 0 radical (unpaired) electrons. The lowest BCUT2D eigenvalue weighted by Crippen LogP contribution is -2.21. The van der Waals surface area contributed by atoms with Crippen molar-refractivity contribution >= 4 is 0 Å². The highest BCUT2D eigenvalue weighted by Crippen LogP contribution is 2.33. The Morgan fingerprint density at radius 3 is 2.67 bits per heavy atom. The molecule has 1 aromatic heterocycles. The van der Waals surface area contributed by atoms with Gasteiger partial charge in [0.1, 0.15) is 5.69 Å². The summed E-state index contributed by atoms with van der Waals surface area (Å²) >= 11 is 0. The molecule has 3 nitrogen and oxygen atoms in total. The minimum atomic E-state index is -4.45. The minimum Gasteiger partial charge on any atom is -0.391 e. The first-order chi connectivity index (χ1) is 6.89. The van der Waals surface area contributed by atoms with Crippen molar-refractivity contribution in [3.63, 3.8) is 0 Å². The van der Waals surface area contributed by atoms with Gasteiger partial charge in [0.15, 0.2) is 0 Å². The largest absolute Gasteiger partial charge is 0.433 e. The highest BCUT2D eigenvalue weighted by Gasteiger charge is 2.36. The number of hydrogen-bond donors (Lipinski definition) is 2. The molecule has 82 valence electrons. The van der Waals surface area contributed by atoms with E-state index in [1.54, 1.807) is 0 Å². The molecule has 0 fully saturated rings. The van der Waals surface area contributed by atoms with Crippen molar-refractivity contribution in [1.82, 2.24) is 4.98 Å². The van der Waals surface area contributed by atoms with E-state index in [-0.39, 0.29) is 12.1 Å². The molecule has 2 rings (SSSR count). The number of aromatic nitrogens is 1. The summed E-state index contributed by atoms with van der Waals surface area (Å²) in [6.45, 7) is 0. The van der Waals surface area contributed by atoms with Crippen molar-refractivity contribution in [2.24, 2.45) is 5.73 Å². The third-order valence-electron chi connectivity index (χ3n) is 2.48. The number of aliphatic hydroxyl groups is 1. The van der Waals surface area contributed by atoms with Gasteiger partial charge in [0.25, 0.3) is 0 Å². The van der Waals surface area contributed by atoms with Crippen LogP contribution in [0.4, 0.5) is 13.2 Å². The Kier molecular flexibility index (Phi) is 2.20. The number of fused-ring (bicyclic) bond motifs is 1. The van der Waals surface area contributed by atoms with Gasteiger partial charge in [-0.05, 0) is 11.6 Å². The Balaban J connectivity index is 2.42. The van der Waals surface area contributed by atoms with Gasteiger partial charge in [0, 0.05) is 12.1 Å². The molecular weight excluding hydrogens is 209 g/mol. The molecule has 1 aliphatic carbocycles. The van der Waals surface area contributed by atoms with Gasteiger partial charge >= 0.3 is 6.18 Å². The first kappa shape index (κ1) is 10.4. The van der Waals surface area contributed by atoms with E-state index in [1.165, 1.54) is 6.07 Å². The van der Waals surface area contributed by atoms with Crippen LogP contribution in [0.25, 0.3) is 0 Å². The van der Waals surface area contributed by atoms with Crippen LogP contribution in [-0.2, 0) is 12.6 Å². The second-order valence-electron chi connectivity index (χ2n) is 3.53. The lowest BCUT2D eigenvalue weighted by molar-refractivity contribution is -0.141. The SMILES string of the molecule is N[C@@H]1c2ccc(C(F)(F)F)nc2C[C@@H]1O. The molecule has 1 aromatic rings. The van der Waals surface area contributed by atoms with Crippen molar-refractivity contribution in [2.45, 2.75) is 24.7 Å². The van der Waals surface area contributed by atoms with Crippen LogP contribution in [0.15, 0.2) is 12.1 Å². The summed E-state index contributed by atoms with van der Waals surface area (Å²) in [5.74, 6) is 0. The zero-order chi connectivity index (χ0) is 11.2. The molecule has 0 spiro atoms. The molecule has 6 heteroatoms. The predicted molar refractivity (Wildman–Crippen MR) is 45.9 cm³/mol. The van der Waals surface area contributed by atoms with Crippen LogP contribution in [0, 0.1) is 0 Å². The summed E-state index contributed by atoms with van der Waals surface area (Å²) in [6, 6.07) is 1.54. The number of alkyl halides is 3. The molecule has 0 saturated heterocycles. The first-order valence-electron chi connectivity index (χ1n) is 4.40. The monoisotopic (exact) mass is 218 g/mol. The van der Waals surface area contributed by atoms with Crippen LogP contribution in [0.2, 0.25) is 0 Å². The Bertz CT molecular complexity index is 391. The highest BCUT2D eigenvalue weighted by molar-refractivity contribution is 5.33. The van der Waals surface area contributed by atoms with Gasteiger partial charge in [0.05, 0.1) is 12.1 Å². The van der Waals surface area contributed by atoms with Crippen LogP contribution in [0.5, 0.6) is 0 Å². The fourth-order valence-electron chi connectivity index (χ4n) is 1.67. The summed E-state index contributed by atoms with van der Waals surface area (Å²) in [5.41, 5.74) is 5.37. The van der Waals surface area contributed by atoms with Gasteiger partial charge < -0.3 is 10.8 Å². The second kappa shape index (κ2) is 3.18. The van der Waals surface area contributed by atoms with Crippen LogP contribution in [0.1, 0.15) is 23.0 Å². The van der Waals surface area contributed by atoms with Gasteiger partial charge in [-0.1, -0.05) is 6.07 Å². The summed E-state index contributed by atoms with van der Waals surface area (Å²) in [5, 5.41) is 9.37. The zero-order valence-electron chi connectivity index (χ0n) is 7.62. The second-order valence-corrected chi connectivity index (χ2v) is 3.53. The minimum absolute atomic E-state index is 0.0837. The molecule has 1 heterocycles. The number of halogens is 3. The number of nitrogens with two attached hydrogens (primary N) is 1. The van der Waals surface area contributed by atoms with Crippen molar-refractivity contribution < 1.29 is 18.3 Å². The van der Waals surface area contributed by atoms with Crippen molar-refractivity contribution in [2.75, 3.05) is 0 Å². The molecule has 1 aliphatic rings. The van der Waals surface area contributed by atoms with Gasteiger partial charge in [-0.15, -0.1) is 0 Å². The van der Waals surface area contributed by atoms with Crippen LogP contribution in [0.3, 0.4) is 0 Å². The summed E-state index contributed by atoms with van der Waals surface area (Å²) < 4.78 is 36.9. The number of hydrogen-bond acceptors (Lipinski definition) is 3. The predicted octanol–water partition coefficient (Wildman–Crippen LogP) is 1.02. The van der Waals surface area contributed by atoms with E-state index in [2.05, 4.69) is 4.98 Å². The van der Waals surface area contributed by atoms with Crippen LogP contribution in [-0.4, -0.2) is 16.2 Å². The molecule has 2 atom stereocenters. The lowest BCUT2D eigenvalue weighted by Gasteiger charge is -2.09. The van der Waals surface area contributed by atoms with E-state index in [4.69, 9.17) is 5.73 Å². The van der Waals surface area contributed by atoms with E-state index in [0.29, 0.717) is 5.56 Å². The molecule has 0 aromatic carbocycles. The molecule has 0 aliphatic heterocycles. The van der Waals surface area contributed by atoms with E-state index in [0.717, 1.165) is 6.07 Å². The molecule has 3 N–H and O–H groups in total. The van der Waals surface area contributed by atoms with Crippen LogP contribution >= 0.6 is 0 Å². The Morgan fingerprint density at radius 1 is 1.40 bits per heavy atom. The molecular formula is C9H9F3N2O. The van der Waals surface area contributed by atoms with Gasteiger partial charge in [-0.3, -0.25) is 0 Å². The van der Waals surface area contributed by atoms with E-state index in [1.807, 2.05) is 0 Å². The zero-order valence-corrected chi connectivity index (χ0v) is 7.62. The summed E-state index contributed by atoms with van der Waals surface area (Å²) in [4.78, 5) is 3.46. The van der Waals surface area contributed by atoms with Crippen molar-refractivity contribution in [1.29, 1.82) is 0 Å². The van der Waals surface area contributed by atoms with Crippen LogP contribution < -0.4 is 5.73 Å². The molecule has 0 saturated carbocycles. The normalized spacial score (nSPS) is 25.4. The van der Waals surface area contributed by atoms with E-state index >= 15 is 0 Å². The number of aliphatic hydroxyl groups excluding tert-OH is 1. The maximum Gasteiger partial charge on any atom is 0.433 e.